The Balaban J connectivity index is 2.15. The van der Waals surface area contributed by atoms with Crippen molar-refractivity contribution >= 4 is 11.9 Å². The largest absolute Gasteiger partial charge is 0.480 e. The third kappa shape index (κ3) is 2.19. The van der Waals surface area contributed by atoms with Gasteiger partial charge in [-0.1, -0.05) is 0 Å². The van der Waals surface area contributed by atoms with E-state index in [1.807, 2.05) is 0 Å². The maximum atomic E-state index is 12.2. The Morgan fingerprint density at radius 1 is 1.50 bits per heavy atom. The molecule has 0 aromatic carbocycles. The summed E-state index contributed by atoms with van der Waals surface area (Å²) in [5.74, 6) is -1.49. The van der Waals surface area contributed by atoms with Gasteiger partial charge in [0, 0.05) is 13.0 Å². The van der Waals surface area contributed by atoms with Gasteiger partial charge in [-0.3, -0.25) is 4.79 Å². The van der Waals surface area contributed by atoms with Crippen LogP contribution < -0.4 is 0 Å². The first-order valence-electron chi connectivity index (χ1n) is 5.56. The van der Waals surface area contributed by atoms with E-state index in [1.54, 1.807) is 6.92 Å². The quantitative estimate of drug-likeness (QED) is 0.707. The number of aliphatic hydroxyl groups is 1. The number of carboxylic acid groups (broad SMARTS) is 1. The van der Waals surface area contributed by atoms with Crippen LogP contribution in [0, 0.1) is 0 Å². The maximum absolute atomic E-state index is 12.2. The molecule has 1 fully saturated rings. The molecule has 2 rings (SSSR count). The molecule has 0 spiro atoms. The third-order valence-corrected chi connectivity index (χ3v) is 3.04. The maximum Gasteiger partial charge on any atom is 0.326 e. The number of rotatable bonds is 3. The number of carbonyl (C=O) groups is 2. The Morgan fingerprint density at radius 3 is 2.78 bits per heavy atom. The zero-order valence-corrected chi connectivity index (χ0v) is 9.80. The van der Waals surface area contributed by atoms with Crippen molar-refractivity contribution in [3.63, 3.8) is 0 Å². The van der Waals surface area contributed by atoms with Gasteiger partial charge in [0.15, 0.2) is 0 Å². The minimum atomic E-state index is -1.11. The van der Waals surface area contributed by atoms with Crippen LogP contribution in [0.15, 0.2) is 12.7 Å². The Hall–Kier alpha value is -1.96. The molecule has 98 valence electrons. The highest BCUT2D eigenvalue weighted by atomic mass is 16.4. The SMILES string of the molecule is CC(C(=O)N1C[C@H](O)C[C@@H]1C(=O)O)n1cncn1. The average molecular weight is 254 g/mol. The van der Waals surface area contributed by atoms with E-state index in [4.69, 9.17) is 5.11 Å². The van der Waals surface area contributed by atoms with Gasteiger partial charge in [0.1, 0.15) is 24.7 Å². The van der Waals surface area contributed by atoms with Gasteiger partial charge < -0.3 is 15.1 Å². The van der Waals surface area contributed by atoms with E-state index in [0.717, 1.165) is 0 Å². The number of carbonyl (C=O) groups excluding carboxylic acids is 1. The normalized spacial score (nSPS) is 25.1. The van der Waals surface area contributed by atoms with Crippen LogP contribution in [0.25, 0.3) is 0 Å². The lowest BCUT2D eigenvalue weighted by molar-refractivity contribution is -0.149. The summed E-state index contributed by atoms with van der Waals surface area (Å²) < 4.78 is 1.35. The molecule has 1 aromatic rings. The predicted octanol–water partition coefficient (Wildman–Crippen LogP) is -1.11. The van der Waals surface area contributed by atoms with Crippen molar-refractivity contribution in [1.82, 2.24) is 19.7 Å². The lowest BCUT2D eigenvalue weighted by Gasteiger charge is -2.24. The number of aliphatic hydroxyl groups excluding tert-OH is 1. The smallest absolute Gasteiger partial charge is 0.326 e. The molecule has 1 aliphatic rings. The Labute approximate surface area is 103 Å². The monoisotopic (exact) mass is 254 g/mol. The summed E-state index contributed by atoms with van der Waals surface area (Å²) in [5.41, 5.74) is 0. The van der Waals surface area contributed by atoms with Gasteiger partial charge in [0.05, 0.1) is 6.10 Å². The highest BCUT2D eigenvalue weighted by Gasteiger charge is 2.40. The molecule has 3 atom stereocenters. The van der Waals surface area contributed by atoms with Crippen molar-refractivity contribution < 1.29 is 19.8 Å². The predicted molar refractivity (Wildman–Crippen MR) is 58.5 cm³/mol. The van der Waals surface area contributed by atoms with Crippen LogP contribution in [0.4, 0.5) is 0 Å². The van der Waals surface area contributed by atoms with Crippen LogP contribution in [-0.4, -0.2) is 60.4 Å². The first-order valence-corrected chi connectivity index (χ1v) is 5.56. The molecule has 1 unspecified atom stereocenters. The number of hydrogen-bond donors (Lipinski definition) is 2. The second-order valence-electron chi connectivity index (χ2n) is 4.29. The highest BCUT2D eigenvalue weighted by molar-refractivity contribution is 5.86. The molecule has 1 amide bonds. The van der Waals surface area contributed by atoms with Gasteiger partial charge in [-0.15, -0.1) is 0 Å². The van der Waals surface area contributed by atoms with Crippen molar-refractivity contribution in [1.29, 1.82) is 0 Å². The van der Waals surface area contributed by atoms with Crippen molar-refractivity contribution in [2.75, 3.05) is 6.54 Å². The molecule has 1 saturated heterocycles. The van der Waals surface area contributed by atoms with Crippen molar-refractivity contribution in [2.45, 2.75) is 31.5 Å². The van der Waals surface area contributed by atoms with Crippen LogP contribution in [0.2, 0.25) is 0 Å². The van der Waals surface area contributed by atoms with Gasteiger partial charge in [0.2, 0.25) is 5.91 Å². The van der Waals surface area contributed by atoms with E-state index < -0.39 is 24.2 Å². The second kappa shape index (κ2) is 4.73. The van der Waals surface area contributed by atoms with E-state index in [1.165, 1.54) is 22.2 Å². The Morgan fingerprint density at radius 2 is 2.22 bits per heavy atom. The lowest BCUT2D eigenvalue weighted by atomic mass is 10.2. The fourth-order valence-electron chi connectivity index (χ4n) is 2.06. The minimum absolute atomic E-state index is 0.0365. The number of nitrogens with zero attached hydrogens (tertiary/aromatic N) is 4. The number of carboxylic acids is 1. The summed E-state index contributed by atoms with van der Waals surface area (Å²) in [6.07, 6.45) is 1.96. The van der Waals surface area contributed by atoms with Crippen LogP contribution in [0.1, 0.15) is 19.4 Å². The van der Waals surface area contributed by atoms with Crippen molar-refractivity contribution in [3.8, 4) is 0 Å². The van der Waals surface area contributed by atoms with Crippen LogP contribution >= 0.6 is 0 Å². The van der Waals surface area contributed by atoms with Gasteiger partial charge in [0.25, 0.3) is 0 Å². The zero-order valence-electron chi connectivity index (χ0n) is 9.80. The summed E-state index contributed by atoms with van der Waals surface area (Å²) in [4.78, 5) is 28.1. The summed E-state index contributed by atoms with van der Waals surface area (Å²) in [6, 6.07) is -1.61. The van der Waals surface area contributed by atoms with Crippen molar-refractivity contribution in [2.24, 2.45) is 0 Å². The molecule has 18 heavy (non-hydrogen) atoms. The third-order valence-electron chi connectivity index (χ3n) is 3.04. The fourth-order valence-corrected chi connectivity index (χ4v) is 2.06. The van der Waals surface area contributed by atoms with Gasteiger partial charge in [-0.25, -0.2) is 14.5 Å². The molecule has 1 aliphatic heterocycles. The Kier molecular flexibility index (Phi) is 3.28. The minimum Gasteiger partial charge on any atom is -0.480 e. The summed E-state index contributed by atoms with van der Waals surface area (Å²) in [6.45, 7) is 1.65. The van der Waals surface area contributed by atoms with E-state index in [0.29, 0.717) is 0 Å². The first-order chi connectivity index (χ1) is 8.50. The average Bonchev–Trinajstić information content (AvgIpc) is 2.95. The summed E-state index contributed by atoms with van der Waals surface area (Å²) in [5, 5.41) is 22.4. The van der Waals surface area contributed by atoms with E-state index in [-0.39, 0.29) is 18.9 Å². The van der Waals surface area contributed by atoms with Crippen molar-refractivity contribution in [3.05, 3.63) is 12.7 Å². The molecular weight excluding hydrogens is 240 g/mol. The fraction of sp³-hybridized carbons (Fsp3) is 0.600. The van der Waals surface area contributed by atoms with Crippen LogP contribution in [0.3, 0.4) is 0 Å². The Bertz CT molecular complexity index is 447. The molecule has 2 heterocycles. The molecule has 0 bridgehead atoms. The second-order valence-corrected chi connectivity index (χ2v) is 4.29. The number of aliphatic carboxylic acids is 1. The molecule has 0 saturated carbocycles. The number of amides is 1. The molecular formula is C10H14N4O4. The van der Waals surface area contributed by atoms with E-state index >= 15 is 0 Å². The highest BCUT2D eigenvalue weighted by Crippen LogP contribution is 2.21. The molecule has 2 N–H and O–H groups in total. The van der Waals surface area contributed by atoms with E-state index in [2.05, 4.69) is 10.1 Å². The molecule has 1 aromatic heterocycles. The number of hydrogen-bond acceptors (Lipinski definition) is 5. The summed E-state index contributed by atoms with van der Waals surface area (Å²) in [7, 11) is 0. The summed E-state index contributed by atoms with van der Waals surface area (Å²) >= 11 is 0. The molecule has 8 heteroatoms. The number of aromatic nitrogens is 3. The van der Waals surface area contributed by atoms with Crippen LogP contribution in [-0.2, 0) is 9.59 Å². The molecule has 0 radical (unpaired) electrons. The number of β-amino-alcohol motifs (C(OH)–C–C–N with tert-alkyl or cyclic N) is 1. The standard InChI is InChI=1S/C10H14N4O4/c1-6(14-5-11-4-12-14)9(16)13-3-7(15)2-8(13)10(17)18/h4-8,15H,2-3H2,1H3,(H,17,18)/t6?,7-,8-/m1/s1. The molecule has 8 nitrogen and oxygen atoms in total. The topological polar surface area (TPSA) is 109 Å². The van der Waals surface area contributed by atoms with Gasteiger partial charge in [-0.2, -0.15) is 5.10 Å². The van der Waals surface area contributed by atoms with Crippen LogP contribution in [0.5, 0.6) is 0 Å². The first kappa shape index (κ1) is 12.5. The van der Waals surface area contributed by atoms with E-state index in [9.17, 15) is 14.7 Å². The zero-order chi connectivity index (χ0) is 13.3. The lowest BCUT2D eigenvalue weighted by Crippen LogP contribution is -2.43. The molecule has 0 aliphatic carbocycles. The van der Waals surface area contributed by atoms with Gasteiger partial charge in [-0.05, 0) is 6.92 Å². The number of likely N-dealkylation sites (tertiary alicyclic amines) is 1. The van der Waals surface area contributed by atoms with Gasteiger partial charge >= 0.3 is 5.97 Å².